The molecule has 1 saturated carbocycles. The highest BCUT2D eigenvalue weighted by atomic mass is 35.5. The van der Waals surface area contributed by atoms with Crippen molar-refractivity contribution in [3.63, 3.8) is 0 Å². The van der Waals surface area contributed by atoms with E-state index in [1.54, 1.807) is 12.1 Å². The molecular weight excluding hydrogens is 358 g/mol. The lowest BCUT2D eigenvalue weighted by Gasteiger charge is -2.18. The first-order chi connectivity index (χ1) is 12.6. The van der Waals surface area contributed by atoms with Gasteiger partial charge in [0.05, 0.1) is 30.3 Å². The van der Waals surface area contributed by atoms with Gasteiger partial charge in [0.15, 0.2) is 11.5 Å². The molecule has 0 aromatic heterocycles. The first-order valence-corrected chi connectivity index (χ1v) is 8.58. The van der Waals surface area contributed by atoms with Gasteiger partial charge < -0.3 is 24.3 Å². The molecule has 0 radical (unpaired) electrons. The Hall–Kier alpha value is -2.60. The molecule has 0 saturated heterocycles. The first kappa shape index (κ1) is 16.8. The van der Waals surface area contributed by atoms with Gasteiger partial charge in [-0.3, -0.25) is 4.79 Å². The molecular formula is C19H18ClNO5. The summed E-state index contributed by atoms with van der Waals surface area (Å²) in [4.78, 5) is 13.0. The van der Waals surface area contributed by atoms with Gasteiger partial charge in [0, 0.05) is 12.1 Å². The number of carbonyl (C=O) groups is 1. The predicted molar refractivity (Wildman–Crippen MR) is 96.7 cm³/mol. The maximum absolute atomic E-state index is 13.0. The van der Waals surface area contributed by atoms with Crippen molar-refractivity contribution >= 4 is 23.2 Å². The van der Waals surface area contributed by atoms with E-state index in [-0.39, 0.29) is 12.7 Å². The van der Waals surface area contributed by atoms with Crippen molar-refractivity contribution in [2.45, 2.75) is 18.3 Å². The minimum atomic E-state index is -0.571. The molecule has 2 aromatic carbocycles. The van der Waals surface area contributed by atoms with E-state index in [2.05, 4.69) is 5.32 Å². The molecule has 1 aliphatic carbocycles. The number of fused-ring (bicyclic) bond motifs is 1. The summed E-state index contributed by atoms with van der Waals surface area (Å²) in [6.45, 7) is 0.208. The predicted octanol–water partition coefficient (Wildman–Crippen LogP) is 3.76. The zero-order valence-corrected chi connectivity index (χ0v) is 15.2. The summed E-state index contributed by atoms with van der Waals surface area (Å²) in [7, 11) is 3.05. The minimum absolute atomic E-state index is 0.0981. The third-order valence-corrected chi connectivity index (χ3v) is 5.13. The molecule has 136 valence electrons. The SMILES string of the molecule is COc1cc(NC(=O)C2(c3ccc4c(c3)OCO4)CC2)c(OC)cc1Cl. The summed E-state index contributed by atoms with van der Waals surface area (Å²) in [5.74, 6) is 2.22. The highest BCUT2D eigenvalue weighted by Crippen LogP contribution is 2.51. The van der Waals surface area contributed by atoms with Crippen molar-refractivity contribution in [1.29, 1.82) is 0 Å². The average Bonchev–Trinajstić information content (AvgIpc) is 3.33. The summed E-state index contributed by atoms with van der Waals surface area (Å²) >= 11 is 6.13. The Morgan fingerprint density at radius 2 is 1.81 bits per heavy atom. The van der Waals surface area contributed by atoms with Gasteiger partial charge in [0.2, 0.25) is 12.7 Å². The van der Waals surface area contributed by atoms with Gasteiger partial charge in [-0.15, -0.1) is 0 Å². The second kappa shape index (κ2) is 6.29. The largest absolute Gasteiger partial charge is 0.495 e. The van der Waals surface area contributed by atoms with Gasteiger partial charge >= 0.3 is 0 Å². The third kappa shape index (κ3) is 2.70. The number of hydrogen-bond acceptors (Lipinski definition) is 5. The van der Waals surface area contributed by atoms with Crippen LogP contribution in [0.4, 0.5) is 5.69 Å². The van der Waals surface area contributed by atoms with Crippen molar-refractivity contribution in [2.75, 3.05) is 26.3 Å². The smallest absolute Gasteiger partial charge is 0.235 e. The normalized spacial score (nSPS) is 16.1. The van der Waals surface area contributed by atoms with Crippen molar-refractivity contribution in [3.8, 4) is 23.0 Å². The summed E-state index contributed by atoms with van der Waals surface area (Å²) in [5.41, 5.74) is 0.865. The summed E-state index contributed by atoms with van der Waals surface area (Å²) < 4.78 is 21.3. The molecule has 2 aliphatic rings. The Kier molecular flexibility index (Phi) is 4.07. The number of methoxy groups -OCH3 is 2. The molecule has 26 heavy (non-hydrogen) atoms. The zero-order valence-electron chi connectivity index (χ0n) is 14.4. The maximum atomic E-state index is 13.0. The molecule has 0 unspecified atom stereocenters. The fourth-order valence-electron chi connectivity index (χ4n) is 3.17. The minimum Gasteiger partial charge on any atom is -0.495 e. The highest BCUT2D eigenvalue weighted by molar-refractivity contribution is 6.32. The Morgan fingerprint density at radius 3 is 2.50 bits per heavy atom. The number of hydrogen-bond donors (Lipinski definition) is 1. The molecule has 0 spiro atoms. The van der Waals surface area contributed by atoms with E-state index in [0.717, 1.165) is 18.4 Å². The molecule has 1 heterocycles. The van der Waals surface area contributed by atoms with Crippen LogP contribution < -0.4 is 24.3 Å². The third-order valence-electron chi connectivity index (χ3n) is 4.83. The van der Waals surface area contributed by atoms with Crippen LogP contribution in [0.15, 0.2) is 30.3 Å². The zero-order chi connectivity index (χ0) is 18.3. The van der Waals surface area contributed by atoms with Gasteiger partial charge in [0.1, 0.15) is 11.5 Å². The number of benzene rings is 2. The quantitative estimate of drug-likeness (QED) is 0.862. The van der Waals surface area contributed by atoms with Crippen LogP contribution in [-0.4, -0.2) is 26.9 Å². The van der Waals surface area contributed by atoms with Crippen molar-refractivity contribution in [2.24, 2.45) is 0 Å². The lowest BCUT2D eigenvalue weighted by atomic mass is 9.94. The summed E-state index contributed by atoms with van der Waals surface area (Å²) in [6, 6.07) is 8.93. The van der Waals surface area contributed by atoms with E-state index < -0.39 is 5.41 Å². The second-order valence-electron chi connectivity index (χ2n) is 6.29. The Balaban J connectivity index is 1.62. The Bertz CT molecular complexity index is 878. The van der Waals surface area contributed by atoms with Crippen molar-refractivity contribution < 1.29 is 23.7 Å². The molecule has 0 atom stereocenters. The Labute approximate surface area is 156 Å². The van der Waals surface area contributed by atoms with Crippen LogP contribution >= 0.6 is 11.6 Å². The molecule has 1 aliphatic heterocycles. The van der Waals surface area contributed by atoms with Crippen molar-refractivity contribution in [3.05, 3.63) is 40.9 Å². The molecule has 0 bridgehead atoms. The van der Waals surface area contributed by atoms with Crippen LogP contribution in [0.3, 0.4) is 0 Å². The van der Waals surface area contributed by atoms with Crippen LogP contribution in [0.1, 0.15) is 18.4 Å². The number of rotatable bonds is 5. The van der Waals surface area contributed by atoms with Crippen LogP contribution in [-0.2, 0) is 10.2 Å². The second-order valence-corrected chi connectivity index (χ2v) is 6.70. The molecule has 6 nitrogen and oxygen atoms in total. The van der Waals surface area contributed by atoms with E-state index >= 15 is 0 Å². The highest BCUT2D eigenvalue weighted by Gasteiger charge is 2.51. The fraction of sp³-hybridized carbons (Fsp3) is 0.316. The molecule has 1 N–H and O–H groups in total. The van der Waals surface area contributed by atoms with Gasteiger partial charge in [0.25, 0.3) is 0 Å². The van der Waals surface area contributed by atoms with Crippen LogP contribution in [0, 0.1) is 0 Å². The molecule has 1 amide bonds. The number of amides is 1. The van der Waals surface area contributed by atoms with Crippen LogP contribution in [0.5, 0.6) is 23.0 Å². The topological polar surface area (TPSA) is 66.0 Å². The lowest BCUT2D eigenvalue weighted by Crippen LogP contribution is -2.28. The number of anilines is 1. The van der Waals surface area contributed by atoms with Gasteiger partial charge in [-0.1, -0.05) is 17.7 Å². The van der Waals surface area contributed by atoms with Gasteiger partial charge in [-0.25, -0.2) is 0 Å². The molecule has 4 rings (SSSR count). The van der Waals surface area contributed by atoms with E-state index in [1.807, 2.05) is 18.2 Å². The summed E-state index contributed by atoms with van der Waals surface area (Å²) in [6.07, 6.45) is 1.54. The number of carbonyl (C=O) groups excluding carboxylic acids is 1. The standard InChI is InChI=1S/C19H18ClNO5/c1-23-15-9-13(16(24-2)8-12(15)20)21-18(22)19(5-6-19)11-3-4-14-17(7-11)26-10-25-14/h3-4,7-9H,5-6,10H2,1-2H3,(H,21,22). The van der Waals surface area contributed by atoms with E-state index in [0.29, 0.717) is 33.7 Å². The molecule has 1 fully saturated rings. The average molecular weight is 376 g/mol. The Morgan fingerprint density at radius 1 is 1.08 bits per heavy atom. The van der Waals surface area contributed by atoms with Gasteiger partial charge in [-0.05, 0) is 30.5 Å². The van der Waals surface area contributed by atoms with E-state index in [1.165, 1.54) is 14.2 Å². The summed E-state index contributed by atoms with van der Waals surface area (Å²) in [5, 5.41) is 3.37. The van der Waals surface area contributed by atoms with Crippen LogP contribution in [0.2, 0.25) is 5.02 Å². The first-order valence-electron chi connectivity index (χ1n) is 8.20. The fourth-order valence-corrected chi connectivity index (χ4v) is 3.40. The van der Waals surface area contributed by atoms with E-state index in [4.69, 9.17) is 30.5 Å². The monoisotopic (exact) mass is 375 g/mol. The lowest BCUT2D eigenvalue weighted by molar-refractivity contribution is -0.118. The number of nitrogens with one attached hydrogen (secondary N) is 1. The van der Waals surface area contributed by atoms with E-state index in [9.17, 15) is 4.79 Å². The maximum Gasteiger partial charge on any atom is 0.235 e. The van der Waals surface area contributed by atoms with Crippen molar-refractivity contribution in [1.82, 2.24) is 0 Å². The number of halogens is 1. The molecule has 2 aromatic rings. The van der Waals surface area contributed by atoms with Crippen LogP contribution in [0.25, 0.3) is 0 Å². The molecule has 7 heteroatoms. The van der Waals surface area contributed by atoms with Gasteiger partial charge in [-0.2, -0.15) is 0 Å². The number of ether oxygens (including phenoxy) is 4.